The largest absolute Gasteiger partial charge is 0.323 e. The molecule has 0 heterocycles. The summed E-state index contributed by atoms with van der Waals surface area (Å²) in [4.78, 5) is 24.8. The van der Waals surface area contributed by atoms with Crippen LogP contribution in [0.15, 0.2) is 83.8 Å². The van der Waals surface area contributed by atoms with Crippen LogP contribution in [0, 0.1) is 0 Å². The van der Waals surface area contributed by atoms with Gasteiger partial charge in [0.15, 0.2) is 0 Å². The fourth-order valence-corrected chi connectivity index (χ4v) is 4.05. The van der Waals surface area contributed by atoms with Gasteiger partial charge in [-0.25, -0.2) is 17.9 Å². The van der Waals surface area contributed by atoms with E-state index in [0.29, 0.717) is 29.2 Å². The first-order chi connectivity index (χ1) is 15.9. The van der Waals surface area contributed by atoms with Gasteiger partial charge in [-0.05, 0) is 61.0 Å². The molecule has 0 aliphatic carbocycles. The van der Waals surface area contributed by atoms with E-state index in [4.69, 9.17) is 0 Å². The van der Waals surface area contributed by atoms with Gasteiger partial charge in [-0.2, -0.15) is 0 Å². The number of unbranched alkanes of at least 4 members (excludes halogenated alkanes) is 1. The number of para-hydroxylation sites is 1. The zero-order chi connectivity index (χ0) is 23.7. The quantitative estimate of drug-likeness (QED) is 0.343. The highest BCUT2D eigenvalue weighted by Gasteiger charge is 2.15. The lowest BCUT2D eigenvalue weighted by Gasteiger charge is -2.10. The lowest BCUT2D eigenvalue weighted by molar-refractivity contribution is 0.102. The minimum absolute atomic E-state index is 0.0837. The second-order valence-corrected chi connectivity index (χ2v) is 9.02. The Labute approximate surface area is 193 Å². The molecule has 0 fully saturated rings. The molecule has 0 saturated heterocycles. The van der Waals surface area contributed by atoms with Crippen LogP contribution in [0.1, 0.15) is 30.1 Å². The van der Waals surface area contributed by atoms with E-state index in [0.717, 1.165) is 12.8 Å². The molecule has 0 unspecified atom stereocenters. The average molecular weight is 467 g/mol. The molecule has 0 saturated carbocycles. The minimum atomic E-state index is -3.64. The van der Waals surface area contributed by atoms with Crippen molar-refractivity contribution in [3.8, 4) is 0 Å². The molecule has 0 spiro atoms. The van der Waals surface area contributed by atoms with E-state index in [2.05, 4.69) is 20.7 Å². The molecule has 3 aromatic rings. The summed E-state index contributed by atoms with van der Waals surface area (Å²) in [6, 6.07) is 21.1. The molecule has 0 aromatic heterocycles. The van der Waals surface area contributed by atoms with Crippen molar-refractivity contribution in [1.82, 2.24) is 4.72 Å². The third kappa shape index (κ3) is 7.16. The Hall–Kier alpha value is -3.69. The van der Waals surface area contributed by atoms with Gasteiger partial charge in [0, 0.05) is 29.2 Å². The Balaban J connectivity index is 1.60. The Morgan fingerprint density at radius 3 is 2.06 bits per heavy atom. The van der Waals surface area contributed by atoms with Crippen LogP contribution in [0.2, 0.25) is 0 Å². The van der Waals surface area contributed by atoms with Gasteiger partial charge in [0.25, 0.3) is 5.91 Å². The van der Waals surface area contributed by atoms with Crippen molar-refractivity contribution in [2.24, 2.45) is 0 Å². The number of benzene rings is 3. The van der Waals surface area contributed by atoms with E-state index in [1.165, 1.54) is 12.1 Å². The van der Waals surface area contributed by atoms with Gasteiger partial charge in [-0.15, -0.1) is 0 Å². The first kappa shape index (κ1) is 24.0. The zero-order valence-corrected chi connectivity index (χ0v) is 19.0. The van der Waals surface area contributed by atoms with Gasteiger partial charge in [0.2, 0.25) is 10.0 Å². The average Bonchev–Trinajstić information content (AvgIpc) is 2.80. The van der Waals surface area contributed by atoms with E-state index in [1.807, 2.05) is 25.1 Å². The SMILES string of the molecule is CCCCNS(=O)(=O)c1cccc(NC(=O)c2ccc(NC(=O)Nc3ccccc3)cc2)c1. The molecule has 0 aliphatic rings. The van der Waals surface area contributed by atoms with Crippen LogP contribution >= 0.6 is 0 Å². The Kier molecular flexibility index (Phi) is 8.17. The van der Waals surface area contributed by atoms with Crippen LogP contribution in [-0.2, 0) is 10.0 Å². The molecule has 0 bridgehead atoms. The highest BCUT2D eigenvalue weighted by atomic mass is 32.2. The fourth-order valence-electron chi connectivity index (χ4n) is 2.93. The lowest BCUT2D eigenvalue weighted by atomic mass is 10.2. The van der Waals surface area contributed by atoms with Crippen molar-refractivity contribution in [2.45, 2.75) is 24.7 Å². The Morgan fingerprint density at radius 1 is 0.758 bits per heavy atom. The summed E-state index contributed by atoms with van der Waals surface area (Å²) in [6.07, 6.45) is 1.62. The Bertz CT molecular complexity index is 1200. The van der Waals surface area contributed by atoms with Crippen molar-refractivity contribution in [3.05, 3.63) is 84.4 Å². The third-order valence-corrected chi connectivity index (χ3v) is 6.12. The molecule has 4 N–H and O–H groups in total. The van der Waals surface area contributed by atoms with E-state index < -0.39 is 22.0 Å². The van der Waals surface area contributed by atoms with Crippen molar-refractivity contribution in [1.29, 1.82) is 0 Å². The van der Waals surface area contributed by atoms with Gasteiger partial charge in [-0.3, -0.25) is 4.79 Å². The Morgan fingerprint density at radius 2 is 1.39 bits per heavy atom. The van der Waals surface area contributed by atoms with Crippen molar-refractivity contribution >= 4 is 39.0 Å². The molecule has 3 aromatic carbocycles. The number of hydrogen-bond donors (Lipinski definition) is 4. The number of nitrogens with one attached hydrogen (secondary N) is 4. The first-order valence-electron chi connectivity index (χ1n) is 10.5. The molecule has 8 nitrogen and oxygen atoms in total. The summed E-state index contributed by atoms with van der Waals surface area (Å²) in [6.45, 7) is 2.34. The topological polar surface area (TPSA) is 116 Å². The number of urea groups is 1. The van der Waals surface area contributed by atoms with Crippen LogP contribution in [-0.4, -0.2) is 26.9 Å². The molecular weight excluding hydrogens is 440 g/mol. The molecule has 0 aliphatic heterocycles. The number of amides is 3. The monoisotopic (exact) mass is 466 g/mol. The van der Waals surface area contributed by atoms with Crippen LogP contribution in [0.5, 0.6) is 0 Å². The molecule has 33 heavy (non-hydrogen) atoms. The van der Waals surface area contributed by atoms with Gasteiger partial charge < -0.3 is 16.0 Å². The highest BCUT2D eigenvalue weighted by molar-refractivity contribution is 7.89. The van der Waals surface area contributed by atoms with Gasteiger partial charge in [0.1, 0.15) is 0 Å². The number of carbonyl (C=O) groups is 2. The number of rotatable bonds is 9. The van der Waals surface area contributed by atoms with Crippen molar-refractivity contribution < 1.29 is 18.0 Å². The van der Waals surface area contributed by atoms with E-state index in [1.54, 1.807) is 48.5 Å². The molecular formula is C24H26N4O4S. The summed E-state index contributed by atoms with van der Waals surface area (Å²) < 4.78 is 27.3. The standard InChI is InChI=1S/C24H26N4O4S/c1-2-3-16-25-33(31,32)22-11-7-10-21(17-22)26-23(29)18-12-14-20(15-13-18)28-24(30)27-19-8-5-4-6-9-19/h4-15,17,25H,2-3,16H2,1H3,(H,26,29)(H2,27,28,30). The van der Waals surface area contributed by atoms with Crippen molar-refractivity contribution in [2.75, 3.05) is 22.5 Å². The summed E-state index contributed by atoms with van der Waals surface area (Å²) in [5.41, 5.74) is 1.91. The fraction of sp³-hybridized carbons (Fsp3) is 0.167. The maximum atomic E-state index is 12.6. The number of sulfonamides is 1. The number of carbonyl (C=O) groups excluding carboxylic acids is 2. The smallest absolute Gasteiger partial charge is 0.322 e. The molecule has 9 heteroatoms. The minimum Gasteiger partial charge on any atom is -0.322 e. The maximum Gasteiger partial charge on any atom is 0.323 e. The lowest BCUT2D eigenvalue weighted by Crippen LogP contribution is -2.24. The third-order valence-electron chi connectivity index (χ3n) is 4.66. The van der Waals surface area contributed by atoms with Crippen LogP contribution in [0.25, 0.3) is 0 Å². The van der Waals surface area contributed by atoms with E-state index in [-0.39, 0.29) is 4.90 Å². The van der Waals surface area contributed by atoms with E-state index in [9.17, 15) is 18.0 Å². The normalized spacial score (nSPS) is 10.9. The second-order valence-electron chi connectivity index (χ2n) is 7.26. The van der Waals surface area contributed by atoms with Crippen LogP contribution in [0.3, 0.4) is 0 Å². The first-order valence-corrected chi connectivity index (χ1v) is 12.0. The second kappa shape index (κ2) is 11.3. The zero-order valence-electron chi connectivity index (χ0n) is 18.2. The summed E-state index contributed by atoms with van der Waals surface area (Å²) in [7, 11) is -3.64. The maximum absolute atomic E-state index is 12.6. The molecule has 172 valence electrons. The summed E-state index contributed by atoms with van der Waals surface area (Å²) in [5, 5.41) is 8.11. The molecule has 3 amide bonds. The van der Waals surface area contributed by atoms with Gasteiger partial charge in [0.05, 0.1) is 4.90 Å². The number of hydrogen-bond acceptors (Lipinski definition) is 4. The van der Waals surface area contributed by atoms with Crippen molar-refractivity contribution in [3.63, 3.8) is 0 Å². The predicted molar refractivity (Wildman–Crippen MR) is 130 cm³/mol. The number of anilines is 3. The summed E-state index contributed by atoms with van der Waals surface area (Å²) >= 11 is 0. The molecule has 3 rings (SSSR count). The summed E-state index contributed by atoms with van der Waals surface area (Å²) in [5.74, 6) is -0.399. The van der Waals surface area contributed by atoms with Gasteiger partial charge >= 0.3 is 6.03 Å². The molecule has 0 radical (unpaired) electrons. The predicted octanol–water partition coefficient (Wildman–Crippen LogP) is 4.66. The van der Waals surface area contributed by atoms with E-state index >= 15 is 0 Å². The molecule has 0 atom stereocenters. The van der Waals surface area contributed by atoms with Gasteiger partial charge in [-0.1, -0.05) is 37.6 Å². The van der Waals surface area contributed by atoms with Crippen LogP contribution < -0.4 is 20.7 Å². The van der Waals surface area contributed by atoms with Crippen LogP contribution in [0.4, 0.5) is 21.9 Å². The highest BCUT2D eigenvalue weighted by Crippen LogP contribution is 2.17.